The summed E-state index contributed by atoms with van der Waals surface area (Å²) < 4.78 is 0. The average Bonchev–Trinajstić information content (AvgIpc) is 2.62. The Morgan fingerprint density at radius 3 is 2.83 bits per heavy atom. The van der Waals surface area contributed by atoms with Crippen molar-refractivity contribution in [3.05, 3.63) is 42.5 Å². The van der Waals surface area contributed by atoms with Crippen LogP contribution in [0.1, 0.15) is 23.3 Å². The highest BCUT2D eigenvalue weighted by atomic mass is 16.3. The van der Waals surface area contributed by atoms with Crippen molar-refractivity contribution in [2.75, 3.05) is 31.6 Å². The summed E-state index contributed by atoms with van der Waals surface area (Å²) in [7, 11) is 1.66. The molecule has 1 amide bonds. The first-order valence-corrected chi connectivity index (χ1v) is 7.85. The molecule has 0 radical (unpaired) electrons. The number of aromatic nitrogens is 4. The zero-order valence-electron chi connectivity index (χ0n) is 13.5. The highest BCUT2D eigenvalue weighted by molar-refractivity contribution is 5.91. The second-order valence-electron chi connectivity index (χ2n) is 6.07. The summed E-state index contributed by atoms with van der Waals surface area (Å²) in [6.45, 7) is 1.38. The Kier molecular flexibility index (Phi) is 4.66. The smallest absolute Gasteiger partial charge is 0.274 e. The summed E-state index contributed by atoms with van der Waals surface area (Å²) in [4.78, 5) is 24.3. The van der Waals surface area contributed by atoms with E-state index in [-0.39, 0.29) is 18.1 Å². The zero-order chi connectivity index (χ0) is 17.0. The molecule has 2 aromatic heterocycles. The van der Waals surface area contributed by atoms with Gasteiger partial charge in [-0.3, -0.25) is 4.79 Å². The summed E-state index contributed by atoms with van der Waals surface area (Å²) in [5, 5.41) is 18.5. The third kappa shape index (κ3) is 3.65. The largest absolute Gasteiger partial charge is 0.386 e. The van der Waals surface area contributed by atoms with E-state index in [0.29, 0.717) is 18.9 Å². The van der Waals surface area contributed by atoms with E-state index in [4.69, 9.17) is 0 Å². The topological polar surface area (TPSA) is 95.3 Å². The molecule has 1 aliphatic rings. The molecule has 0 bridgehead atoms. The monoisotopic (exact) mass is 328 g/mol. The van der Waals surface area contributed by atoms with Crippen LogP contribution in [-0.2, 0) is 0 Å². The molecule has 24 heavy (non-hydrogen) atoms. The molecule has 1 N–H and O–H groups in total. The number of β-amino-alcohol motifs (C(OH)–C–C–N with tert-alkyl or cyclic N) is 1. The van der Waals surface area contributed by atoms with Crippen LogP contribution in [0.15, 0.2) is 36.8 Å². The molecule has 3 rings (SSSR count). The van der Waals surface area contributed by atoms with Gasteiger partial charge in [0.15, 0.2) is 5.69 Å². The van der Waals surface area contributed by atoms with Gasteiger partial charge in [0.2, 0.25) is 5.95 Å². The van der Waals surface area contributed by atoms with Crippen LogP contribution >= 0.6 is 0 Å². The van der Waals surface area contributed by atoms with Gasteiger partial charge in [0.1, 0.15) is 0 Å². The minimum atomic E-state index is -1.01. The Morgan fingerprint density at radius 1 is 1.33 bits per heavy atom. The zero-order valence-corrected chi connectivity index (χ0v) is 13.5. The van der Waals surface area contributed by atoms with Crippen LogP contribution in [0.25, 0.3) is 0 Å². The maximum absolute atomic E-state index is 12.4. The molecule has 2 aromatic rings. The van der Waals surface area contributed by atoms with Gasteiger partial charge in [-0.05, 0) is 31.0 Å². The number of rotatable bonds is 4. The highest BCUT2D eigenvalue weighted by Gasteiger charge is 2.36. The third-order valence-corrected chi connectivity index (χ3v) is 4.06. The quantitative estimate of drug-likeness (QED) is 0.866. The lowest BCUT2D eigenvalue weighted by Gasteiger charge is -2.41. The first-order chi connectivity index (χ1) is 11.6. The van der Waals surface area contributed by atoms with Gasteiger partial charge in [-0.2, -0.15) is 5.10 Å². The van der Waals surface area contributed by atoms with E-state index in [1.54, 1.807) is 37.6 Å². The maximum Gasteiger partial charge on any atom is 0.274 e. The first kappa shape index (κ1) is 16.3. The fraction of sp³-hybridized carbons (Fsp3) is 0.438. The minimum absolute atomic E-state index is 0.214. The van der Waals surface area contributed by atoms with Crippen molar-refractivity contribution in [1.82, 2.24) is 25.1 Å². The van der Waals surface area contributed by atoms with Gasteiger partial charge in [-0.1, -0.05) is 0 Å². The summed E-state index contributed by atoms with van der Waals surface area (Å²) in [5.41, 5.74) is -0.744. The van der Waals surface area contributed by atoms with Crippen molar-refractivity contribution >= 4 is 11.9 Å². The van der Waals surface area contributed by atoms with Crippen LogP contribution in [0.2, 0.25) is 0 Å². The van der Waals surface area contributed by atoms with Crippen LogP contribution in [-0.4, -0.2) is 68.4 Å². The first-order valence-electron chi connectivity index (χ1n) is 7.85. The predicted molar refractivity (Wildman–Crippen MR) is 87.4 cm³/mol. The van der Waals surface area contributed by atoms with Gasteiger partial charge in [-0.25, -0.2) is 9.97 Å². The molecule has 126 valence electrons. The predicted octanol–water partition coefficient (Wildman–Crippen LogP) is 0.370. The van der Waals surface area contributed by atoms with Crippen LogP contribution in [0.3, 0.4) is 0 Å². The van der Waals surface area contributed by atoms with Crippen LogP contribution in [0, 0.1) is 0 Å². The molecule has 8 heteroatoms. The van der Waals surface area contributed by atoms with Gasteiger partial charge in [-0.15, -0.1) is 5.10 Å². The normalized spacial score (nSPS) is 20.7. The van der Waals surface area contributed by atoms with Crippen LogP contribution in [0.5, 0.6) is 0 Å². The van der Waals surface area contributed by atoms with E-state index in [1.807, 2.05) is 4.90 Å². The number of hydrogen-bond acceptors (Lipinski definition) is 7. The lowest BCUT2D eigenvalue weighted by molar-refractivity contribution is -0.000470. The van der Waals surface area contributed by atoms with Crippen molar-refractivity contribution in [1.29, 1.82) is 0 Å². The molecule has 0 unspecified atom stereocenters. The number of likely N-dealkylation sites (N-methyl/N-ethyl adjacent to an activating group) is 1. The molecule has 0 aromatic carbocycles. The van der Waals surface area contributed by atoms with Crippen molar-refractivity contribution in [2.24, 2.45) is 0 Å². The second kappa shape index (κ2) is 6.88. The summed E-state index contributed by atoms with van der Waals surface area (Å²) in [6, 6.07) is 5.03. The number of piperidine rings is 1. The third-order valence-electron chi connectivity index (χ3n) is 4.06. The SMILES string of the molecule is CN(C[C@]1(O)CCCN(c2ncccn2)C1)C(=O)c1cccnn1. The van der Waals surface area contributed by atoms with Crippen molar-refractivity contribution < 1.29 is 9.90 Å². The van der Waals surface area contributed by atoms with Crippen LogP contribution < -0.4 is 4.90 Å². The number of amides is 1. The Balaban J connectivity index is 1.68. The van der Waals surface area contributed by atoms with Crippen molar-refractivity contribution in [2.45, 2.75) is 18.4 Å². The van der Waals surface area contributed by atoms with Gasteiger partial charge < -0.3 is 14.9 Å². The number of nitrogens with zero attached hydrogens (tertiary/aromatic N) is 6. The summed E-state index contributed by atoms with van der Waals surface area (Å²) in [6.07, 6.45) is 6.30. The minimum Gasteiger partial charge on any atom is -0.386 e. The summed E-state index contributed by atoms with van der Waals surface area (Å²) in [5.74, 6) is 0.336. The van der Waals surface area contributed by atoms with E-state index in [0.717, 1.165) is 13.0 Å². The number of carbonyl (C=O) groups excluding carboxylic acids is 1. The second-order valence-corrected chi connectivity index (χ2v) is 6.07. The van der Waals surface area contributed by atoms with Gasteiger partial charge in [0.25, 0.3) is 5.91 Å². The van der Waals surface area contributed by atoms with Gasteiger partial charge in [0.05, 0.1) is 18.7 Å². The Labute approximate surface area is 140 Å². The van der Waals surface area contributed by atoms with Gasteiger partial charge in [0, 0.05) is 32.2 Å². The molecule has 1 aliphatic heterocycles. The molecule has 1 saturated heterocycles. The van der Waals surface area contributed by atoms with E-state index in [1.165, 1.54) is 11.1 Å². The fourth-order valence-electron chi connectivity index (χ4n) is 2.99. The highest BCUT2D eigenvalue weighted by Crippen LogP contribution is 2.24. The number of aliphatic hydroxyl groups is 1. The van der Waals surface area contributed by atoms with E-state index in [2.05, 4.69) is 20.2 Å². The number of anilines is 1. The van der Waals surface area contributed by atoms with Crippen molar-refractivity contribution in [3.63, 3.8) is 0 Å². The molecule has 1 fully saturated rings. The molecular formula is C16H20N6O2. The van der Waals surface area contributed by atoms with E-state index < -0.39 is 5.60 Å². The van der Waals surface area contributed by atoms with E-state index in [9.17, 15) is 9.90 Å². The molecule has 0 saturated carbocycles. The Bertz CT molecular complexity index is 683. The number of hydrogen-bond donors (Lipinski definition) is 1. The Morgan fingerprint density at radius 2 is 2.12 bits per heavy atom. The molecule has 0 spiro atoms. The lowest BCUT2D eigenvalue weighted by Crippen LogP contribution is -2.55. The van der Waals surface area contributed by atoms with Gasteiger partial charge >= 0.3 is 0 Å². The number of carbonyl (C=O) groups is 1. The van der Waals surface area contributed by atoms with Crippen molar-refractivity contribution in [3.8, 4) is 0 Å². The molecular weight excluding hydrogens is 308 g/mol. The fourth-order valence-corrected chi connectivity index (χ4v) is 2.99. The summed E-state index contributed by atoms with van der Waals surface area (Å²) >= 11 is 0. The lowest BCUT2D eigenvalue weighted by atomic mass is 9.92. The van der Waals surface area contributed by atoms with E-state index >= 15 is 0 Å². The standard InChI is InChI=1S/C16H20N6O2/c1-21(14(23)13-5-2-9-19-20-13)11-16(24)6-3-10-22(12-16)15-17-7-4-8-18-15/h2,4-5,7-9,24H,3,6,10-12H2,1H3/t16-/m1/s1. The molecule has 1 atom stereocenters. The molecule has 3 heterocycles. The average molecular weight is 328 g/mol. The molecule has 0 aliphatic carbocycles. The Hall–Kier alpha value is -2.61. The molecule has 8 nitrogen and oxygen atoms in total. The van der Waals surface area contributed by atoms with Crippen LogP contribution in [0.4, 0.5) is 5.95 Å². The maximum atomic E-state index is 12.4.